The molecule has 12 heteroatoms. The van der Waals surface area contributed by atoms with Gasteiger partial charge < -0.3 is 18.9 Å². The number of aromatic nitrogens is 1. The molecule has 1 aliphatic rings. The first kappa shape index (κ1) is 27.6. The number of piperazine rings is 1. The average Bonchev–Trinajstić information content (AvgIpc) is 3.25. The highest BCUT2D eigenvalue weighted by Gasteiger charge is 2.30. The van der Waals surface area contributed by atoms with Gasteiger partial charge in [-0.3, -0.25) is 4.79 Å². The van der Waals surface area contributed by atoms with E-state index in [1.165, 1.54) is 44.8 Å². The number of hydrogen-bond acceptors (Lipinski definition) is 7. The number of rotatable bonds is 8. The van der Waals surface area contributed by atoms with Gasteiger partial charge in [0.05, 0.1) is 28.3 Å². The average molecular weight is 559 g/mol. The molecule has 0 unspecified atom stereocenters. The smallest absolute Gasteiger partial charge is 0.409 e. The fraction of sp³-hybridized carbons (Fsp3) is 0.346. The van der Waals surface area contributed by atoms with Crippen molar-refractivity contribution in [1.82, 2.24) is 13.8 Å². The third kappa shape index (κ3) is 5.82. The van der Waals surface area contributed by atoms with Gasteiger partial charge in [-0.1, -0.05) is 17.4 Å². The number of hydrogen-bond donors (Lipinski definition) is 0. The van der Waals surface area contributed by atoms with Gasteiger partial charge in [0, 0.05) is 38.3 Å². The van der Waals surface area contributed by atoms with E-state index in [2.05, 4.69) is 11.6 Å². The summed E-state index contributed by atoms with van der Waals surface area (Å²) in [6, 6.07) is 11.5. The number of carbonyl (C=O) groups excluding carboxylic acids is 2. The van der Waals surface area contributed by atoms with Crippen LogP contribution in [0, 0.1) is 0 Å². The highest BCUT2D eigenvalue weighted by Crippen LogP contribution is 2.24. The minimum Gasteiger partial charge on any atom is -0.494 e. The highest BCUT2D eigenvalue weighted by atomic mass is 32.2. The normalized spacial score (nSPS) is 15.0. The Morgan fingerprint density at radius 2 is 1.76 bits per heavy atom. The Balaban J connectivity index is 1.54. The van der Waals surface area contributed by atoms with E-state index in [1.807, 2.05) is 29.7 Å². The molecule has 0 atom stereocenters. The van der Waals surface area contributed by atoms with Gasteiger partial charge in [0.25, 0.3) is 5.91 Å². The third-order valence-corrected chi connectivity index (χ3v) is 8.93. The Morgan fingerprint density at radius 3 is 2.39 bits per heavy atom. The lowest BCUT2D eigenvalue weighted by Crippen LogP contribution is -2.50. The van der Waals surface area contributed by atoms with E-state index in [-0.39, 0.29) is 43.2 Å². The van der Waals surface area contributed by atoms with E-state index in [9.17, 15) is 18.0 Å². The second-order valence-electron chi connectivity index (χ2n) is 8.38. The number of allylic oxidation sites excluding steroid dienone is 1. The molecule has 1 aliphatic heterocycles. The van der Waals surface area contributed by atoms with E-state index < -0.39 is 22.0 Å². The largest absolute Gasteiger partial charge is 0.494 e. The maximum atomic E-state index is 13.1. The standard InChI is InChI=1S/C26H30N4O6S2/c1-4-13-30-22-12-9-20(35-5-2)18-23(22)37-25(30)27-24(31)19-7-10-21(11-8-19)38(33,34)29-16-14-28(15-17-29)26(32)36-6-3/h4,7-12,18H,1,5-6,13-17H2,2-3H3. The summed E-state index contributed by atoms with van der Waals surface area (Å²) in [6.07, 6.45) is 1.29. The zero-order chi connectivity index (χ0) is 27.3. The van der Waals surface area contributed by atoms with Crippen LogP contribution < -0.4 is 9.54 Å². The van der Waals surface area contributed by atoms with Crippen molar-refractivity contribution in [3.8, 4) is 5.75 Å². The van der Waals surface area contributed by atoms with Gasteiger partial charge in [0.1, 0.15) is 5.75 Å². The van der Waals surface area contributed by atoms with Crippen LogP contribution in [0.15, 0.2) is 65.0 Å². The summed E-state index contributed by atoms with van der Waals surface area (Å²) in [5, 5.41) is 0. The molecule has 0 N–H and O–H groups in total. The molecule has 4 rings (SSSR count). The van der Waals surface area contributed by atoms with Crippen molar-refractivity contribution in [2.24, 2.45) is 4.99 Å². The summed E-state index contributed by atoms with van der Waals surface area (Å²) in [7, 11) is -3.78. The molecule has 3 aromatic rings. The van der Waals surface area contributed by atoms with Crippen LogP contribution in [0.25, 0.3) is 10.2 Å². The molecule has 1 saturated heterocycles. The maximum absolute atomic E-state index is 13.1. The zero-order valence-electron chi connectivity index (χ0n) is 21.3. The predicted molar refractivity (Wildman–Crippen MR) is 145 cm³/mol. The molecule has 2 aromatic carbocycles. The molecular formula is C26H30N4O6S2. The van der Waals surface area contributed by atoms with E-state index >= 15 is 0 Å². The molecule has 0 aliphatic carbocycles. The first-order valence-electron chi connectivity index (χ1n) is 12.3. The zero-order valence-corrected chi connectivity index (χ0v) is 23.0. The van der Waals surface area contributed by atoms with Crippen molar-refractivity contribution in [3.63, 3.8) is 0 Å². The van der Waals surface area contributed by atoms with E-state index in [1.54, 1.807) is 13.0 Å². The van der Waals surface area contributed by atoms with Crippen LogP contribution in [0.4, 0.5) is 4.79 Å². The van der Waals surface area contributed by atoms with Crippen molar-refractivity contribution < 1.29 is 27.5 Å². The Morgan fingerprint density at radius 1 is 1.05 bits per heavy atom. The van der Waals surface area contributed by atoms with Crippen molar-refractivity contribution in [3.05, 3.63) is 65.5 Å². The summed E-state index contributed by atoms with van der Waals surface area (Å²) in [4.78, 5) is 31.3. The number of amides is 2. The van der Waals surface area contributed by atoms with Crippen molar-refractivity contribution in [2.75, 3.05) is 39.4 Å². The summed E-state index contributed by atoms with van der Waals surface area (Å²) >= 11 is 1.37. The van der Waals surface area contributed by atoms with Gasteiger partial charge in [0.2, 0.25) is 10.0 Å². The van der Waals surface area contributed by atoms with Crippen LogP contribution in [-0.4, -0.2) is 73.6 Å². The minimum atomic E-state index is -3.78. The van der Waals surface area contributed by atoms with E-state index in [4.69, 9.17) is 9.47 Å². The second kappa shape index (κ2) is 11.9. The van der Waals surface area contributed by atoms with Crippen LogP contribution >= 0.6 is 11.3 Å². The first-order valence-corrected chi connectivity index (χ1v) is 14.5. The van der Waals surface area contributed by atoms with E-state index in [0.29, 0.717) is 18.0 Å². The van der Waals surface area contributed by atoms with Gasteiger partial charge in [-0.05, 0) is 56.3 Å². The Hall–Kier alpha value is -3.48. The highest BCUT2D eigenvalue weighted by molar-refractivity contribution is 7.89. The topological polar surface area (TPSA) is 111 Å². The van der Waals surface area contributed by atoms with Gasteiger partial charge in [-0.15, -0.1) is 6.58 Å². The van der Waals surface area contributed by atoms with Crippen LogP contribution in [-0.2, 0) is 21.3 Å². The molecule has 0 radical (unpaired) electrons. The molecule has 1 fully saturated rings. The number of benzene rings is 2. The van der Waals surface area contributed by atoms with Crippen LogP contribution in [0.3, 0.4) is 0 Å². The molecular weight excluding hydrogens is 528 g/mol. The minimum absolute atomic E-state index is 0.0747. The number of fused-ring (bicyclic) bond motifs is 1. The molecule has 0 spiro atoms. The SMILES string of the molecule is C=CCn1c(=NC(=O)c2ccc(S(=O)(=O)N3CCN(C(=O)OCC)CC3)cc2)sc2cc(OCC)ccc21. The van der Waals surface area contributed by atoms with Gasteiger partial charge in [-0.25, -0.2) is 13.2 Å². The van der Waals surface area contributed by atoms with Gasteiger partial charge in [-0.2, -0.15) is 9.30 Å². The Labute approximate surface area is 225 Å². The number of sulfonamides is 1. The Bertz CT molecular complexity index is 1500. The monoisotopic (exact) mass is 558 g/mol. The van der Waals surface area contributed by atoms with Crippen molar-refractivity contribution in [2.45, 2.75) is 25.3 Å². The fourth-order valence-electron chi connectivity index (χ4n) is 4.10. The quantitative estimate of drug-likeness (QED) is 0.392. The van der Waals surface area contributed by atoms with Gasteiger partial charge in [0.15, 0.2) is 4.80 Å². The third-order valence-electron chi connectivity index (χ3n) is 5.98. The number of carbonyl (C=O) groups is 2. The summed E-state index contributed by atoms with van der Waals surface area (Å²) in [5.41, 5.74) is 1.18. The number of ether oxygens (including phenoxy) is 2. The van der Waals surface area contributed by atoms with Crippen molar-refractivity contribution >= 4 is 43.6 Å². The number of thiazole rings is 1. The Kier molecular flexibility index (Phi) is 8.65. The lowest BCUT2D eigenvalue weighted by molar-refractivity contribution is 0.0933. The molecule has 0 bridgehead atoms. The predicted octanol–water partition coefficient (Wildman–Crippen LogP) is 3.49. The van der Waals surface area contributed by atoms with Crippen LogP contribution in [0.5, 0.6) is 5.75 Å². The summed E-state index contributed by atoms with van der Waals surface area (Å²) in [6.45, 7) is 9.56. The second-order valence-corrected chi connectivity index (χ2v) is 11.3. The van der Waals surface area contributed by atoms with Gasteiger partial charge >= 0.3 is 6.09 Å². The van der Waals surface area contributed by atoms with E-state index in [0.717, 1.165) is 16.0 Å². The molecule has 10 nitrogen and oxygen atoms in total. The maximum Gasteiger partial charge on any atom is 0.409 e. The summed E-state index contributed by atoms with van der Waals surface area (Å²) < 4.78 is 40.9. The number of nitrogens with zero attached hydrogens (tertiary/aromatic N) is 4. The molecule has 38 heavy (non-hydrogen) atoms. The summed E-state index contributed by atoms with van der Waals surface area (Å²) in [5.74, 6) is 0.260. The lowest BCUT2D eigenvalue weighted by Gasteiger charge is -2.33. The lowest BCUT2D eigenvalue weighted by atomic mass is 10.2. The van der Waals surface area contributed by atoms with Crippen LogP contribution in [0.2, 0.25) is 0 Å². The van der Waals surface area contributed by atoms with Crippen LogP contribution in [0.1, 0.15) is 24.2 Å². The molecule has 2 heterocycles. The molecule has 0 saturated carbocycles. The first-order chi connectivity index (χ1) is 18.3. The molecule has 1 aromatic heterocycles. The molecule has 202 valence electrons. The van der Waals surface area contributed by atoms with Crippen molar-refractivity contribution in [1.29, 1.82) is 0 Å². The fourth-order valence-corrected chi connectivity index (χ4v) is 6.59. The molecule has 2 amide bonds.